The Morgan fingerprint density at radius 3 is 2.55 bits per heavy atom. The number of alkyl halides is 3. The third kappa shape index (κ3) is 6.61. The van der Waals surface area contributed by atoms with Crippen molar-refractivity contribution in [3.63, 3.8) is 0 Å². The predicted molar refractivity (Wildman–Crippen MR) is 117 cm³/mol. The zero-order chi connectivity index (χ0) is 24.2. The molecule has 0 atom stereocenters. The fraction of sp³-hybridized carbons (Fsp3) is 0.545. The molecule has 0 saturated heterocycles. The van der Waals surface area contributed by atoms with Crippen LogP contribution in [0.1, 0.15) is 54.6 Å². The molecule has 7 nitrogen and oxygen atoms in total. The van der Waals surface area contributed by atoms with E-state index < -0.39 is 30.2 Å². The van der Waals surface area contributed by atoms with E-state index in [-0.39, 0.29) is 23.7 Å². The van der Waals surface area contributed by atoms with Gasteiger partial charge in [0.15, 0.2) is 0 Å². The molecule has 3 rings (SSSR count). The van der Waals surface area contributed by atoms with Crippen molar-refractivity contribution in [2.24, 2.45) is 0 Å². The molecule has 1 amide bonds. The number of nitrogens with one attached hydrogen (secondary N) is 1. The number of aromatic nitrogens is 2. The molecule has 2 N–H and O–H groups in total. The molecule has 2 aromatic rings. The van der Waals surface area contributed by atoms with E-state index in [4.69, 9.17) is 11.6 Å². The van der Waals surface area contributed by atoms with Gasteiger partial charge in [-0.1, -0.05) is 37.3 Å². The number of rotatable bonds is 7. The van der Waals surface area contributed by atoms with Crippen LogP contribution in [-0.2, 0) is 11.3 Å². The number of carbonyl (C=O) groups is 1. The van der Waals surface area contributed by atoms with Crippen molar-refractivity contribution in [3.8, 4) is 5.69 Å². The molecule has 0 bridgehead atoms. The first-order valence-corrected chi connectivity index (χ1v) is 11.2. The molecule has 33 heavy (non-hydrogen) atoms. The second-order valence-corrected chi connectivity index (χ2v) is 8.76. The Morgan fingerprint density at radius 1 is 1.24 bits per heavy atom. The highest BCUT2D eigenvalue weighted by Gasteiger charge is 2.30. The molecule has 1 heterocycles. The normalized spacial score (nSPS) is 16.4. The van der Waals surface area contributed by atoms with Crippen LogP contribution >= 0.6 is 11.6 Å². The Morgan fingerprint density at radius 2 is 1.91 bits per heavy atom. The minimum atomic E-state index is -4.78. The average molecular weight is 490 g/mol. The van der Waals surface area contributed by atoms with Crippen molar-refractivity contribution >= 4 is 17.5 Å². The number of carbonyl (C=O) groups excluding carboxylic acids is 1. The fourth-order valence-electron chi connectivity index (χ4n) is 4.04. The van der Waals surface area contributed by atoms with Crippen molar-refractivity contribution in [2.75, 3.05) is 13.2 Å². The molecule has 0 spiro atoms. The number of hydrogen-bond donors (Lipinski definition) is 2. The molecule has 182 valence electrons. The van der Waals surface area contributed by atoms with Crippen molar-refractivity contribution < 1.29 is 27.8 Å². The van der Waals surface area contributed by atoms with E-state index in [1.54, 1.807) is 6.92 Å². The maximum absolute atomic E-state index is 12.8. The lowest BCUT2D eigenvalue weighted by atomic mass is 9.94. The fourth-order valence-corrected chi connectivity index (χ4v) is 4.25. The van der Waals surface area contributed by atoms with Crippen LogP contribution in [0, 0.1) is 6.92 Å². The molecule has 1 aromatic heterocycles. The number of aryl methyl sites for hydroxylation is 1. The number of nitrogens with zero attached hydrogens (tertiary/aromatic N) is 2. The first-order valence-electron chi connectivity index (χ1n) is 10.8. The number of aliphatic hydroxyl groups is 1. The molecule has 0 aliphatic heterocycles. The maximum Gasteiger partial charge on any atom is 0.522 e. The first-order chi connectivity index (χ1) is 15.5. The van der Waals surface area contributed by atoms with Crippen LogP contribution < -0.4 is 11.0 Å². The smallest absolute Gasteiger partial charge is 0.388 e. The highest BCUT2D eigenvalue weighted by Crippen LogP contribution is 2.27. The van der Waals surface area contributed by atoms with Crippen molar-refractivity contribution in [1.29, 1.82) is 0 Å². The first kappa shape index (κ1) is 25.3. The van der Waals surface area contributed by atoms with E-state index in [1.807, 2.05) is 0 Å². The zero-order valence-electron chi connectivity index (χ0n) is 18.3. The van der Waals surface area contributed by atoms with E-state index in [1.165, 1.54) is 29.0 Å². The summed E-state index contributed by atoms with van der Waals surface area (Å²) in [6.45, 7) is 0.700. The van der Waals surface area contributed by atoms with Gasteiger partial charge in [-0.2, -0.15) is 0 Å². The van der Waals surface area contributed by atoms with Gasteiger partial charge in [0.1, 0.15) is 0 Å². The summed E-state index contributed by atoms with van der Waals surface area (Å²) >= 11 is 6.21. The minimum Gasteiger partial charge on any atom is -0.388 e. The van der Waals surface area contributed by atoms with Crippen LogP contribution in [0.15, 0.2) is 29.2 Å². The number of amides is 1. The topological polar surface area (TPSA) is 85.5 Å². The lowest BCUT2D eigenvalue weighted by Crippen LogP contribution is -2.42. The maximum atomic E-state index is 12.8. The van der Waals surface area contributed by atoms with Gasteiger partial charge in [-0.25, -0.2) is 4.79 Å². The van der Waals surface area contributed by atoms with Crippen LogP contribution in [0.4, 0.5) is 13.2 Å². The molecule has 1 aromatic carbocycles. The lowest BCUT2D eigenvalue weighted by Gasteiger charge is -2.26. The Bertz CT molecular complexity index is 1040. The van der Waals surface area contributed by atoms with Crippen LogP contribution in [-0.4, -0.2) is 45.3 Å². The molecule has 0 unspecified atom stereocenters. The Hall–Kier alpha value is -2.30. The van der Waals surface area contributed by atoms with Gasteiger partial charge < -0.3 is 10.4 Å². The number of hydrogen-bond acceptors (Lipinski definition) is 4. The number of halogens is 4. The molecule has 0 radical (unpaired) electrons. The molecular weight excluding hydrogens is 463 g/mol. The van der Waals surface area contributed by atoms with E-state index in [0.29, 0.717) is 24.2 Å². The zero-order valence-corrected chi connectivity index (χ0v) is 19.0. The second-order valence-electron chi connectivity index (χ2n) is 8.35. The summed E-state index contributed by atoms with van der Waals surface area (Å²) in [5, 5.41) is 13.7. The SMILES string of the molecule is Cc1cn(-c2ccc(Cl)c(C(=O)NCC3(O)CCCCCC3)c2)c(=O)n1CCOC(F)(F)F. The van der Waals surface area contributed by atoms with Crippen LogP contribution in [0.5, 0.6) is 0 Å². The Balaban J connectivity index is 1.76. The standard InChI is InChI=1S/C22H27ClF3N3O4/c1-15-13-29(20(31)28(15)10-11-33-22(24,25)26)16-6-7-18(23)17(12-16)19(30)27-14-21(32)8-4-2-3-5-9-21/h6-7,12-13,32H,2-5,8-11,14H2,1H3,(H,27,30). The van der Waals surface area contributed by atoms with Gasteiger partial charge in [-0.3, -0.25) is 18.7 Å². The van der Waals surface area contributed by atoms with E-state index in [2.05, 4.69) is 10.1 Å². The quantitative estimate of drug-likeness (QED) is 0.577. The van der Waals surface area contributed by atoms with Crippen LogP contribution in [0.25, 0.3) is 5.69 Å². The molecule has 11 heteroatoms. The van der Waals surface area contributed by atoms with E-state index >= 15 is 0 Å². The van der Waals surface area contributed by atoms with Gasteiger partial charge in [0.05, 0.1) is 35.0 Å². The Kier molecular flexibility index (Phi) is 7.92. The van der Waals surface area contributed by atoms with E-state index in [0.717, 1.165) is 30.3 Å². The van der Waals surface area contributed by atoms with Gasteiger partial charge in [0.2, 0.25) is 0 Å². The lowest BCUT2D eigenvalue weighted by molar-refractivity contribution is -0.325. The summed E-state index contributed by atoms with van der Waals surface area (Å²) in [5.41, 5.74) is -0.632. The number of ether oxygens (including phenoxy) is 1. The highest BCUT2D eigenvalue weighted by atomic mass is 35.5. The third-order valence-electron chi connectivity index (χ3n) is 5.84. The van der Waals surface area contributed by atoms with Gasteiger partial charge >= 0.3 is 12.1 Å². The summed E-state index contributed by atoms with van der Waals surface area (Å²) in [5.74, 6) is -0.484. The molecule has 1 saturated carbocycles. The van der Waals surface area contributed by atoms with Crippen LogP contribution in [0.3, 0.4) is 0 Å². The molecule has 1 fully saturated rings. The monoisotopic (exact) mass is 489 g/mol. The summed E-state index contributed by atoms with van der Waals surface area (Å²) in [7, 11) is 0. The van der Waals surface area contributed by atoms with E-state index in [9.17, 15) is 27.9 Å². The van der Waals surface area contributed by atoms with Crippen LogP contribution in [0.2, 0.25) is 5.02 Å². The largest absolute Gasteiger partial charge is 0.522 e. The summed E-state index contributed by atoms with van der Waals surface area (Å²) < 4.78 is 42.8. The second kappa shape index (κ2) is 10.3. The minimum absolute atomic E-state index is 0.0982. The summed E-state index contributed by atoms with van der Waals surface area (Å²) in [4.78, 5) is 25.5. The number of imidazole rings is 1. The van der Waals surface area contributed by atoms with Crippen molar-refractivity contribution in [1.82, 2.24) is 14.5 Å². The average Bonchev–Trinajstić information content (AvgIpc) is 2.90. The molecule has 1 aliphatic rings. The summed E-state index contributed by atoms with van der Waals surface area (Å²) in [6, 6.07) is 4.44. The number of benzene rings is 1. The molecule has 1 aliphatic carbocycles. The third-order valence-corrected chi connectivity index (χ3v) is 6.17. The van der Waals surface area contributed by atoms with Crippen molar-refractivity contribution in [2.45, 2.75) is 64.0 Å². The van der Waals surface area contributed by atoms with Crippen molar-refractivity contribution in [3.05, 3.63) is 51.2 Å². The van der Waals surface area contributed by atoms with Gasteiger partial charge in [0, 0.05) is 18.4 Å². The van der Waals surface area contributed by atoms with Gasteiger partial charge in [-0.15, -0.1) is 13.2 Å². The Labute approximate surface area is 194 Å². The molecular formula is C22H27ClF3N3O4. The van der Waals surface area contributed by atoms with Gasteiger partial charge in [-0.05, 0) is 38.0 Å². The predicted octanol–water partition coefficient (Wildman–Crippen LogP) is 3.95. The highest BCUT2D eigenvalue weighted by molar-refractivity contribution is 6.33. The van der Waals surface area contributed by atoms with Gasteiger partial charge in [0.25, 0.3) is 5.91 Å². The summed E-state index contributed by atoms with van der Waals surface area (Å²) in [6.07, 6.45) is 1.83.